The van der Waals surface area contributed by atoms with Crippen LogP contribution in [0.2, 0.25) is 0 Å². The van der Waals surface area contributed by atoms with Gasteiger partial charge in [0.2, 0.25) is 0 Å². The molecule has 0 radical (unpaired) electrons. The lowest BCUT2D eigenvalue weighted by Gasteiger charge is -2.24. The van der Waals surface area contributed by atoms with E-state index in [-0.39, 0.29) is 6.04 Å². The van der Waals surface area contributed by atoms with Crippen LogP contribution in [0.15, 0.2) is 29.3 Å². The van der Waals surface area contributed by atoms with Crippen molar-refractivity contribution in [1.82, 2.24) is 4.98 Å². The number of anilines is 1. The molecular weight excluding hydrogens is 310 g/mol. The van der Waals surface area contributed by atoms with Crippen molar-refractivity contribution < 1.29 is 9.53 Å². The van der Waals surface area contributed by atoms with E-state index in [9.17, 15) is 4.79 Å². The normalized spacial score (nSPS) is 22.3. The number of thioether (sulfide) groups is 1. The van der Waals surface area contributed by atoms with Crippen molar-refractivity contribution in [3.8, 4) is 0 Å². The van der Waals surface area contributed by atoms with Crippen LogP contribution in [0, 0.1) is 0 Å². The average molecular weight is 329 g/mol. The molecule has 2 N–H and O–H groups in total. The fraction of sp³-hybridized carbons (Fsp3) is 0.412. The lowest BCUT2D eigenvalue weighted by molar-refractivity contribution is -0.108. The van der Waals surface area contributed by atoms with Crippen LogP contribution in [0.25, 0.3) is 10.9 Å². The number of fused-ring (bicyclic) bond motifs is 1. The van der Waals surface area contributed by atoms with Crippen molar-refractivity contribution in [1.29, 1.82) is 0 Å². The molecule has 5 nitrogen and oxygen atoms in total. The minimum Gasteiger partial charge on any atom is -0.381 e. The molecule has 2 aliphatic rings. The summed E-state index contributed by atoms with van der Waals surface area (Å²) in [5, 5.41) is 5.72. The van der Waals surface area contributed by atoms with Gasteiger partial charge in [-0.2, -0.15) is 0 Å². The molecular formula is C17H19N3O2S. The number of nitrogens with one attached hydrogen (secondary N) is 2. The number of carbonyl (C=O) groups is 1. The summed E-state index contributed by atoms with van der Waals surface area (Å²) in [6.45, 7) is 1.65. The molecule has 0 unspecified atom stereocenters. The zero-order valence-corrected chi connectivity index (χ0v) is 13.6. The third-order valence-electron chi connectivity index (χ3n) is 4.30. The summed E-state index contributed by atoms with van der Waals surface area (Å²) in [4.78, 5) is 18.8. The van der Waals surface area contributed by atoms with Gasteiger partial charge in [-0.25, -0.2) is 0 Å². The van der Waals surface area contributed by atoms with Gasteiger partial charge in [0.15, 0.2) is 0 Å². The van der Waals surface area contributed by atoms with Gasteiger partial charge in [0.1, 0.15) is 17.4 Å². The predicted octanol–water partition coefficient (Wildman–Crippen LogP) is 2.82. The van der Waals surface area contributed by atoms with E-state index in [0.717, 1.165) is 65.4 Å². The van der Waals surface area contributed by atoms with Crippen molar-refractivity contribution in [3.05, 3.63) is 30.0 Å². The molecule has 120 valence electrons. The highest BCUT2D eigenvalue weighted by atomic mass is 32.2. The number of hydrogen-bond acceptors (Lipinski definition) is 5. The van der Waals surface area contributed by atoms with E-state index in [1.165, 1.54) is 0 Å². The van der Waals surface area contributed by atoms with Gasteiger partial charge in [0.25, 0.3) is 0 Å². The third-order valence-corrected chi connectivity index (χ3v) is 5.41. The molecule has 3 heterocycles. The Morgan fingerprint density at radius 3 is 3.00 bits per heavy atom. The summed E-state index contributed by atoms with van der Waals surface area (Å²) in [5.41, 5.74) is 3.22. The Morgan fingerprint density at radius 2 is 2.22 bits per heavy atom. The molecule has 0 saturated carbocycles. The lowest BCUT2D eigenvalue weighted by Crippen LogP contribution is -2.27. The summed E-state index contributed by atoms with van der Waals surface area (Å²) >= 11 is 1.64. The first-order chi connectivity index (χ1) is 11.3. The number of H-pyrrole nitrogens is 1. The summed E-state index contributed by atoms with van der Waals surface area (Å²) < 4.78 is 5.42. The molecule has 2 aliphatic heterocycles. The Hall–Kier alpha value is -1.79. The summed E-state index contributed by atoms with van der Waals surface area (Å²) in [7, 11) is 0. The van der Waals surface area contributed by atoms with E-state index in [4.69, 9.17) is 4.74 Å². The van der Waals surface area contributed by atoms with Crippen molar-refractivity contribution in [2.75, 3.05) is 24.3 Å². The van der Waals surface area contributed by atoms with Crippen LogP contribution < -0.4 is 5.32 Å². The van der Waals surface area contributed by atoms with E-state index in [0.29, 0.717) is 6.04 Å². The largest absolute Gasteiger partial charge is 0.381 e. The number of benzene rings is 1. The highest BCUT2D eigenvalue weighted by Crippen LogP contribution is 2.29. The Balaban J connectivity index is 1.63. The minimum atomic E-state index is -0.207. The molecule has 1 aromatic heterocycles. The van der Waals surface area contributed by atoms with Crippen LogP contribution in [0.5, 0.6) is 0 Å². The molecule has 6 heteroatoms. The number of nitrogens with zero attached hydrogens (tertiary/aromatic N) is 1. The highest BCUT2D eigenvalue weighted by molar-refractivity contribution is 8.14. The summed E-state index contributed by atoms with van der Waals surface area (Å²) in [6, 6.07) is 8.64. The van der Waals surface area contributed by atoms with Crippen molar-refractivity contribution in [2.45, 2.75) is 24.9 Å². The minimum absolute atomic E-state index is 0.207. The molecule has 23 heavy (non-hydrogen) atoms. The van der Waals surface area contributed by atoms with Crippen molar-refractivity contribution >= 4 is 39.7 Å². The molecule has 0 spiro atoms. The van der Waals surface area contributed by atoms with Crippen LogP contribution >= 0.6 is 11.8 Å². The Kier molecular flexibility index (Phi) is 4.10. The second kappa shape index (κ2) is 6.37. The number of aromatic amines is 1. The second-order valence-corrected chi connectivity index (χ2v) is 6.94. The number of aromatic nitrogens is 1. The molecule has 1 fully saturated rings. The van der Waals surface area contributed by atoms with Gasteiger partial charge in [-0.05, 0) is 25.0 Å². The number of aldehydes is 1. The SMILES string of the molecule is O=C[C@@H]1CSC(c2cc3cccc(NC4CCOCC4)c3[nH]2)=N1. The lowest BCUT2D eigenvalue weighted by atomic mass is 10.1. The number of aliphatic imine (C=N–C) groups is 1. The Labute approximate surface area is 138 Å². The number of ether oxygens (including phenoxy) is 1. The number of carbonyl (C=O) groups excluding carboxylic acids is 1. The predicted molar refractivity (Wildman–Crippen MR) is 94.6 cm³/mol. The highest BCUT2D eigenvalue weighted by Gasteiger charge is 2.21. The maximum atomic E-state index is 10.9. The zero-order chi connectivity index (χ0) is 15.6. The van der Waals surface area contributed by atoms with Crippen LogP contribution in [0.3, 0.4) is 0 Å². The van der Waals surface area contributed by atoms with Crippen molar-refractivity contribution in [2.24, 2.45) is 4.99 Å². The van der Waals surface area contributed by atoms with E-state index in [1.54, 1.807) is 11.8 Å². The molecule has 2 aromatic rings. The summed E-state index contributed by atoms with van der Waals surface area (Å²) in [6.07, 6.45) is 2.99. The first-order valence-corrected chi connectivity index (χ1v) is 8.94. The van der Waals surface area contributed by atoms with Gasteiger partial charge in [-0.1, -0.05) is 12.1 Å². The monoisotopic (exact) mass is 329 g/mol. The second-order valence-electron chi connectivity index (χ2n) is 5.93. The average Bonchev–Trinajstić information content (AvgIpc) is 3.23. The fourth-order valence-corrected chi connectivity index (χ4v) is 4.02. The topological polar surface area (TPSA) is 66.5 Å². The smallest absolute Gasteiger partial charge is 0.145 e. The molecule has 0 aliphatic carbocycles. The first-order valence-electron chi connectivity index (χ1n) is 7.96. The van der Waals surface area contributed by atoms with Crippen molar-refractivity contribution in [3.63, 3.8) is 0 Å². The Bertz CT molecular complexity index is 749. The Morgan fingerprint density at radius 1 is 1.35 bits per heavy atom. The summed E-state index contributed by atoms with van der Waals surface area (Å²) in [5.74, 6) is 0.737. The molecule has 1 aromatic carbocycles. The molecule has 0 bridgehead atoms. The molecule has 0 amide bonds. The van der Waals surface area contributed by atoms with Gasteiger partial charge in [-0.3, -0.25) is 4.99 Å². The van der Waals surface area contributed by atoms with E-state index < -0.39 is 0 Å². The van der Waals surface area contributed by atoms with Crippen LogP contribution in [0.1, 0.15) is 18.5 Å². The van der Waals surface area contributed by atoms with Gasteiger partial charge in [-0.15, -0.1) is 11.8 Å². The van der Waals surface area contributed by atoms with E-state index >= 15 is 0 Å². The maximum absolute atomic E-state index is 10.9. The first kappa shape index (κ1) is 14.8. The van der Waals surface area contributed by atoms with Crippen LogP contribution in [0.4, 0.5) is 5.69 Å². The van der Waals surface area contributed by atoms with Gasteiger partial charge in [0, 0.05) is 30.4 Å². The standard InChI is InChI=1S/C17H19N3O2S/c21-9-13-10-23-17(19-13)15-8-11-2-1-3-14(16(11)20-15)18-12-4-6-22-7-5-12/h1-3,8-9,12-13,18,20H,4-7,10H2/t13-/m1/s1. The van der Waals surface area contributed by atoms with Crippen LogP contribution in [-0.2, 0) is 9.53 Å². The fourth-order valence-electron chi connectivity index (χ4n) is 3.06. The van der Waals surface area contributed by atoms with Gasteiger partial charge < -0.3 is 19.8 Å². The van der Waals surface area contributed by atoms with Gasteiger partial charge >= 0.3 is 0 Å². The number of hydrogen-bond donors (Lipinski definition) is 2. The number of para-hydroxylation sites is 1. The molecule has 1 saturated heterocycles. The van der Waals surface area contributed by atoms with E-state index in [2.05, 4.69) is 39.6 Å². The zero-order valence-electron chi connectivity index (χ0n) is 12.7. The van der Waals surface area contributed by atoms with Gasteiger partial charge in [0.05, 0.1) is 16.9 Å². The van der Waals surface area contributed by atoms with E-state index in [1.807, 2.05) is 0 Å². The van der Waals surface area contributed by atoms with Crippen LogP contribution in [-0.4, -0.2) is 47.4 Å². The molecule has 4 rings (SSSR count). The molecule has 1 atom stereocenters. The maximum Gasteiger partial charge on any atom is 0.145 e. The number of rotatable bonds is 4. The quantitative estimate of drug-likeness (QED) is 0.847. The third kappa shape index (κ3) is 3.01.